The molecule has 0 radical (unpaired) electrons. The molecule has 0 amide bonds. The average Bonchev–Trinajstić information content (AvgIpc) is 2.35. The zero-order chi connectivity index (χ0) is 14.8. The van der Waals surface area contributed by atoms with Crippen molar-refractivity contribution in [2.45, 2.75) is 50.2 Å². The van der Waals surface area contributed by atoms with Crippen molar-refractivity contribution >= 4 is 23.4 Å². The van der Waals surface area contributed by atoms with Gasteiger partial charge in [-0.1, -0.05) is 25.4 Å². The third kappa shape index (κ3) is 4.39. The van der Waals surface area contributed by atoms with Crippen LogP contribution < -0.4 is 5.32 Å². The molecule has 1 aliphatic rings. The quantitative estimate of drug-likeness (QED) is 0.851. The van der Waals surface area contributed by atoms with E-state index in [1.807, 2.05) is 24.8 Å². The second kappa shape index (κ2) is 6.69. The number of aliphatic hydroxyl groups is 1. The molecule has 2 N–H and O–H groups in total. The number of halogens is 1. The van der Waals surface area contributed by atoms with E-state index in [1.54, 1.807) is 0 Å². The van der Waals surface area contributed by atoms with Crippen LogP contribution in [0.15, 0.2) is 23.1 Å². The first-order chi connectivity index (χ1) is 9.37. The number of benzene rings is 1. The van der Waals surface area contributed by atoms with E-state index >= 15 is 0 Å². The summed E-state index contributed by atoms with van der Waals surface area (Å²) in [5.41, 5.74) is 0.617. The molecule has 0 spiro atoms. The Morgan fingerprint density at radius 1 is 1.50 bits per heavy atom. The first kappa shape index (κ1) is 16.2. The maximum Gasteiger partial charge on any atom is 0.0746 e. The highest BCUT2D eigenvalue weighted by atomic mass is 35.5. The highest BCUT2D eigenvalue weighted by molar-refractivity contribution is 7.99. The van der Waals surface area contributed by atoms with Gasteiger partial charge in [0, 0.05) is 22.5 Å². The number of hydrogen-bond donors (Lipinski definition) is 2. The minimum atomic E-state index is -0.655. The Balaban J connectivity index is 2.03. The first-order valence-corrected chi connectivity index (χ1v) is 8.62. The largest absolute Gasteiger partial charge is 0.389 e. The summed E-state index contributed by atoms with van der Waals surface area (Å²) in [6.07, 6.45) is 1.89. The number of hydrogen-bond acceptors (Lipinski definition) is 3. The zero-order valence-electron chi connectivity index (χ0n) is 12.4. The molecule has 0 saturated carbocycles. The minimum Gasteiger partial charge on any atom is -0.389 e. The fraction of sp³-hybridized carbons (Fsp3) is 0.625. The van der Waals surface area contributed by atoms with Crippen molar-refractivity contribution in [2.24, 2.45) is 5.92 Å². The SMILES string of the molecule is CC(C)CC(C)(O)CNC1CCSc2ccc(Cl)cc21. The van der Waals surface area contributed by atoms with Crippen LogP contribution in [-0.2, 0) is 0 Å². The summed E-state index contributed by atoms with van der Waals surface area (Å²) in [5, 5.41) is 14.7. The number of rotatable bonds is 5. The van der Waals surface area contributed by atoms with Gasteiger partial charge in [-0.15, -0.1) is 11.8 Å². The van der Waals surface area contributed by atoms with Crippen LogP contribution in [0, 0.1) is 5.92 Å². The van der Waals surface area contributed by atoms with Gasteiger partial charge in [-0.05, 0) is 55.2 Å². The monoisotopic (exact) mass is 313 g/mol. The Morgan fingerprint density at radius 2 is 2.25 bits per heavy atom. The van der Waals surface area contributed by atoms with Crippen LogP contribution in [0.5, 0.6) is 0 Å². The predicted octanol–water partition coefficient (Wildman–Crippen LogP) is 4.26. The Labute approximate surface area is 131 Å². The van der Waals surface area contributed by atoms with Gasteiger partial charge in [0.15, 0.2) is 0 Å². The number of thioether (sulfide) groups is 1. The van der Waals surface area contributed by atoms with E-state index in [1.165, 1.54) is 10.5 Å². The van der Waals surface area contributed by atoms with E-state index < -0.39 is 5.60 Å². The third-order valence-corrected chi connectivity index (χ3v) is 4.95. The number of nitrogens with one attached hydrogen (secondary N) is 1. The molecule has 1 heterocycles. The fourth-order valence-corrected chi connectivity index (χ4v) is 4.16. The van der Waals surface area contributed by atoms with Gasteiger partial charge < -0.3 is 10.4 Å². The zero-order valence-corrected chi connectivity index (χ0v) is 14.0. The molecule has 1 aromatic rings. The van der Waals surface area contributed by atoms with Crippen LogP contribution in [0.2, 0.25) is 5.02 Å². The van der Waals surface area contributed by atoms with Crippen molar-refractivity contribution in [3.63, 3.8) is 0 Å². The third-order valence-electron chi connectivity index (χ3n) is 3.59. The lowest BCUT2D eigenvalue weighted by Gasteiger charge is -2.31. The molecule has 0 fully saturated rings. The lowest BCUT2D eigenvalue weighted by Crippen LogP contribution is -2.41. The summed E-state index contributed by atoms with van der Waals surface area (Å²) in [7, 11) is 0. The average molecular weight is 314 g/mol. The van der Waals surface area contributed by atoms with E-state index in [9.17, 15) is 5.11 Å². The molecular weight excluding hydrogens is 290 g/mol. The molecule has 0 aromatic heterocycles. The van der Waals surface area contributed by atoms with Crippen LogP contribution >= 0.6 is 23.4 Å². The lowest BCUT2D eigenvalue weighted by molar-refractivity contribution is 0.0356. The van der Waals surface area contributed by atoms with E-state index in [4.69, 9.17) is 11.6 Å². The van der Waals surface area contributed by atoms with E-state index in [0.717, 1.165) is 23.6 Å². The Hall–Kier alpha value is -0.220. The normalized spacial score (nSPS) is 21.6. The second-order valence-corrected chi connectivity index (χ2v) is 7.92. The molecule has 0 aliphatic carbocycles. The standard InChI is InChI=1S/C16H24ClNOS/c1-11(2)9-16(3,19)10-18-14-6-7-20-15-5-4-12(17)8-13(14)15/h4-5,8,11,14,18-19H,6-7,9-10H2,1-3H3. The highest BCUT2D eigenvalue weighted by Crippen LogP contribution is 2.37. The molecular formula is C16H24ClNOS. The van der Waals surface area contributed by atoms with Crippen LogP contribution in [0.25, 0.3) is 0 Å². The van der Waals surface area contributed by atoms with Gasteiger partial charge in [-0.2, -0.15) is 0 Å². The van der Waals surface area contributed by atoms with E-state index in [2.05, 4.69) is 31.3 Å². The Kier molecular flexibility index (Phi) is 5.41. The van der Waals surface area contributed by atoms with Gasteiger partial charge in [0.05, 0.1) is 5.60 Å². The summed E-state index contributed by atoms with van der Waals surface area (Å²) in [6.45, 7) is 6.81. The molecule has 2 nitrogen and oxygen atoms in total. The first-order valence-electron chi connectivity index (χ1n) is 7.25. The van der Waals surface area contributed by atoms with Crippen molar-refractivity contribution < 1.29 is 5.11 Å². The summed E-state index contributed by atoms with van der Waals surface area (Å²) in [6, 6.07) is 6.40. The molecule has 2 unspecified atom stereocenters. The van der Waals surface area contributed by atoms with E-state index in [0.29, 0.717) is 18.5 Å². The van der Waals surface area contributed by atoms with Crippen molar-refractivity contribution in [3.8, 4) is 0 Å². The van der Waals surface area contributed by atoms with Crippen molar-refractivity contribution in [2.75, 3.05) is 12.3 Å². The van der Waals surface area contributed by atoms with Crippen LogP contribution in [0.1, 0.15) is 45.2 Å². The second-order valence-electron chi connectivity index (χ2n) is 6.35. The van der Waals surface area contributed by atoms with Gasteiger partial charge in [0.25, 0.3) is 0 Å². The summed E-state index contributed by atoms with van der Waals surface area (Å²) < 4.78 is 0. The predicted molar refractivity (Wildman–Crippen MR) is 87.6 cm³/mol. The smallest absolute Gasteiger partial charge is 0.0746 e. The van der Waals surface area contributed by atoms with Gasteiger partial charge in [0.1, 0.15) is 0 Å². The molecule has 0 saturated heterocycles. The highest BCUT2D eigenvalue weighted by Gasteiger charge is 2.26. The molecule has 1 aromatic carbocycles. The van der Waals surface area contributed by atoms with Gasteiger partial charge in [-0.25, -0.2) is 0 Å². The van der Waals surface area contributed by atoms with Crippen LogP contribution in [0.4, 0.5) is 0 Å². The topological polar surface area (TPSA) is 32.3 Å². The molecule has 20 heavy (non-hydrogen) atoms. The maximum absolute atomic E-state index is 10.4. The minimum absolute atomic E-state index is 0.295. The fourth-order valence-electron chi connectivity index (χ4n) is 2.87. The maximum atomic E-state index is 10.4. The molecule has 2 rings (SSSR count). The van der Waals surface area contributed by atoms with Gasteiger partial charge in [-0.3, -0.25) is 0 Å². The number of fused-ring (bicyclic) bond motifs is 1. The van der Waals surface area contributed by atoms with Crippen molar-refractivity contribution in [1.82, 2.24) is 5.32 Å². The van der Waals surface area contributed by atoms with Crippen molar-refractivity contribution in [3.05, 3.63) is 28.8 Å². The summed E-state index contributed by atoms with van der Waals surface area (Å²) in [5.74, 6) is 1.61. The Bertz CT molecular complexity index is 462. The van der Waals surface area contributed by atoms with Crippen LogP contribution in [0.3, 0.4) is 0 Å². The van der Waals surface area contributed by atoms with Crippen molar-refractivity contribution in [1.29, 1.82) is 0 Å². The van der Waals surface area contributed by atoms with Crippen LogP contribution in [-0.4, -0.2) is 23.0 Å². The Morgan fingerprint density at radius 3 is 2.95 bits per heavy atom. The van der Waals surface area contributed by atoms with Gasteiger partial charge in [0.2, 0.25) is 0 Å². The summed E-state index contributed by atoms with van der Waals surface area (Å²) in [4.78, 5) is 1.31. The lowest BCUT2D eigenvalue weighted by atomic mass is 9.93. The summed E-state index contributed by atoms with van der Waals surface area (Å²) >= 11 is 8.00. The molecule has 1 aliphatic heterocycles. The molecule has 4 heteroatoms. The molecule has 2 atom stereocenters. The van der Waals surface area contributed by atoms with Gasteiger partial charge >= 0.3 is 0 Å². The molecule has 0 bridgehead atoms. The molecule has 112 valence electrons. The van der Waals surface area contributed by atoms with E-state index in [-0.39, 0.29) is 0 Å².